The Morgan fingerprint density at radius 3 is 2.34 bits per heavy atom. The first-order valence-electron chi connectivity index (χ1n) is 13.2. The molecule has 3 aromatic heterocycles. The Kier molecular flexibility index (Phi) is 8.17. The van der Waals surface area contributed by atoms with Crippen molar-refractivity contribution in [3.8, 4) is 22.9 Å². The Labute approximate surface area is 220 Å². The molecule has 0 unspecified atom stereocenters. The third-order valence-corrected chi connectivity index (χ3v) is 6.40. The van der Waals surface area contributed by atoms with Crippen molar-refractivity contribution in [1.82, 2.24) is 35.1 Å². The highest BCUT2D eigenvalue weighted by molar-refractivity contribution is 5.90. The third kappa shape index (κ3) is 6.13. The molecule has 0 amide bonds. The summed E-state index contributed by atoms with van der Waals surface area (Å²) in [5.74, 6) is 0.212. The van der Waals surface area contributed by atoms with Crippen molar-refractivity contribution >= 4 is 17.0 Å². The molecule has 10 heteroatoms. The molecule has 0 fully saturated rings. The fourth-order valence-corrected chi connectivity index (χ4v) is 4.26. The molecular formula is C28H31N7O3. The summed E-state index contributed by atoms with van der Waals surface area (Å²) in [6.45, 7) is 3.12. The van der Waals surface area contributed by atoms with E-state index in [0.717, 1.165) is 23.4 Å². The summed E-state index contributed by atoms with van der Waals surface area (Å²) in [6.07, 6.45) is 13.9. The van der Waals surface area contributed by atoms with Crippen LogP contribution >= 0.6 is 0 Å². The van der Waals surface area contributed by atoms with Crippen molar-refractivity contribution in [3.63, 3.8) is 0 Å². The SMILES string of the molecule is CCCCCCCCCCn1cc(-c2nnc(-c3ccc(C(=O)On4nnc5ccccc54)cc3)o2)cn1. The fraction of sp³-hybridized carbons (Fsp3) is 0.357. The molecule has 38 heavy (non-hydrogen) atoms. The summed E-state index contributed by atoms with van der Waals surface area (Å²) in [5, 5.41) is 20.6. The molecule has 0 N–H and O–H groups in total. The van der Waals surface area contributed by atoms with E-state index >= 15 is 0 Å². The summed E-state index contributed by atoms with van der Waals surface area (Å²) >= 11 is 0. The molecule has 0 aliphatic rings. The zero-order valence-electron chi connectivity index (χ0n) is 21.5. The smallest absolute Gasteiger partial charge is 0.365 e. The van der Waals surface area contributed by atoms with E-state index in [0.29, 0.717) is 33.9 Å². The van der Waals surface area contributed by atoms with Crippen LogP contribution in [0.15, 0.2) is 65.3 Å². The average Bonchev–Trinajstić information content (AvgIpc) is 3.71. The van der Waals surface area contributed by atoms with Gasteiger partial charge in [-0.2, -0.15) is 5.10 Å². The van der Waals surface area contributed by atoms with Gasteiger partial charge >= 0.3 is 5.97 Å². The Morgan fingerprint density at radius 2 is 1.55 bits per heavy atom. The first kappa shape index (κ1) is 25.3. The molecule has 10 nitrogen and oxygen atoms in total. The second kappa shape index (κ2) is 12.3. The second-order valence-corrected chi connectivity index (χ2v) is 9.29. The molecular weight excluding hydrogens is 482 g/mol. The zero-order chi connectivity index (χ0) is 26.2. The molecule has 3 heterocycles. The molecule has 0 aliphatic heterocycles. The van der Waals surface area contributed by atoms with Crippen LogP contribution in [-0.4, -0.2) is 41.1 Å². The van der Waals surface area contributed by atoms with Crippen molar-refractivity contribution in [2.45, 2.75) is 64.8 Å². The van der Waals surface area contributed by atoms with Crippen LogP contribution in [0.4, 0.5) is 0 Å². The Balaban J connectivity index is 1.14. The molecule has 0 radical (unpaired) electrons. The number of aryl methyl sites for hydroxylation is 1. The standard InChI is InChI=1S/C28H31N7O3/c1-2-3-4-5-6-7-8-11-18-34-20-23(19-29-34)27-32-31-26(37-27)21-14-16-22(17-15-21)28(36)38-35-25-13-10-9-12-24(25)30-33-35/h9-10,12-17,19-20H,2-8,11,18H2,1H3. The van der Waals surface area contributed by atoms with E-state index in [9.17, 15) is 4.79 Å². The molecule has 5 aromatic rings. The lowest BCUT2D eigenvalue weighted by molar-refractivity contribution is 0.0409. The van der Waals surface area contributed by atoms with E-state index in [1.54, 1.807) is 42.6 Å². The zero-order valence-corrected chi connectivity index (χ0v) is 21.5. The quantitative estimate of drug-likeness (QED) is 0.144. The Bertz CT molecular complexity index is 1470. The first-order valence-corrected chi connectivity index (χ1v) is 13.2. The molecule has 2 aromatic carbocycles. The van der Waals surface area contributed by atoms with Gasteiger partial charge in [-0.15, -0.1) is 15.3 Å². The van der Waals surface area contributed by atoms with Gasteiger partial charge in [-0.05, 0) is 48.0 Å². The number of fused-ring (bicyclic) bond motifs is 1. The van der Waals surface area contributed by atoms with Crippen LogP contribution in [0.5, 0.6) is 0 Å². The minimum atomic E-state index is -0.553. The molecule has 0 saturated carbocycles. The monoisotopic (exact) mass is 513 g/mol. The van der Waals surface area contributed by atoms with Crippen LogP contribution in [0.1, 0.15) is 68.6 Å². The second-order valence-electron chi connectivity index (χ2n) is 9.29. The van der Waals surface area contributed by atoms with Gasteiger partial charge in [0, 0.05) is 18.3 Å². The van der Waals surface area contributed by atoms with Crippen LogP contribution in [0.2, 0.25) is 0 Å². The summed E-state index contributed by atoms with van der Waals surface area (Å²) in [4.78, 5) is 19.1. The van der Waals surface area contributed by atoms with Gasteiger partial charge in [0.15, 0.2) is 0 Å². The van der Waals surface area contributed by atoms with E-state index in [1.165, 1.54) is 44.9 Å². The van der Waals surface area contributed by atoms with Crippen LogP contribution in [0.3, 0.4) is 0 Å². The molecule has 0 atom stereocenters. The Morgan fingerprint density at radius 1 is 0.842 bits per heavy atom. The number of benzene rings is 2. The van der Waals surface area contributed by atoms with Gasteiger partial charge < -0.3 is 9.25 Å². The lowest BCUT2D eigenvalue weighted by Crippen LogP contribution is -2.20. The van der Waals surface area contributed by atoms with Gasteiger partial charge in [0.05, 0.1) is 17.3 Å². The van der Waals surface area contributed by atoms with Crippen LogP contribution in [0.25, 0.3) is 33.9 Å². The largest absolute Gasteiger partial charge is 0.416 e. The van der Waals surface area contributed by atoms with Gasteiger partial charge in [-0.1, -0.05) is 68.8 Å². The maximum Gasteiger partial charge on any atom is 0.365 e. The minimum absolute atomic E-state index is 0.357. The highest BCUT2D eigenvalue weighted by Crippen LogP contribution is 2.24. The van der Waals surface area contributed by atoms with Gasteiger partial charge in [0.1, 0.15) is 11.0 Å². The van der Waals surface area contributed by atoms with Gasteiger partial charge in [-0.3, -0.25) is 4.68 Å². The topological polar surface area (TPSA) is 114 Å². The highest BCUT2D eigenvalue weighted by Gasteiger charge is 2.15. The molecule has 5 rings (SSSR count). The molecule has 0 aliphatic carbocycles. The van der Waals surface area contributed by atoms with E-state index in [2.05, 4.69) is 32.5 Å². The molecule has 0 bridgehead atoms. The summed E-state index contributed by atoms with van der Waals surface area (Å²) in [7, 11) is 0. The number of hydrogen-bond donors (Lipinski definition) is 0. The van der Waals surface area contributed by atoms with Crippen molar-refractivity contribution < 1.29 is 14.0 Å². The van der Waals surface area contributed by atoms with Crippen LogP contribution in [-0.2, 0) is 6.54 Å². The van der Waals surface area contributed by atoms with E-state index < -0.39 is 5.97 Å². The summed E-state index contributed by atoms with van der Waals surface area (Å²) < 4.78 is 7.80. The number of para-hydroxylation sites is 1. The number of hydrogen-bond acceptors (Lipinski definition) is 8. The Hall–Kier alpha value is -4.34. The number of carbonyl (C=O) groups excluding carboxylic acids is 1. The number of aromatic nitrogens is 7. The molecule has 0 saturated heterocycles. The number of carbonyl (C=O) groups is 1. The predicted octanol–water partition coefficient (Wildman–Crippen LogP) is 5.75. The highest BCUT2D eigenvalue weighted by atomic mass is 16.7. The fourth-order valence-electron chi connectivity index (χ4n) is 4.26. The summed E-state index contributed by atoms with van der Waals surface area (Å²) in [5.41, 5.74) is 3.08. The van der Waals surface area contributed by atoms with Gasteiger partial charge in [0.25, 0.3) is 5.89 Å². The number of unbranched alkanes of at least 4 members (excludes halogenated alkanes) is 7. The predicted molar refractivity (Wildman–Crippen MR) is 142 cm³/mol. The third-order valence-electron chi connectivity index (χ3n) is 6.40. The van der Waals surface area contributed by atoms with E-state index in [1.807, 2.05) is 23.0 Å². The summed E-state index contributed by atoms with van der Waals surface area (Å²) in [6, 6.07) is 14.0. The van der Waals surface area contributed by atoms with E-state index in [4.69, 9.17) is 9.25 Å². The lowest BCUT2D eigenvalue weighted by Gasteiger charge is -2.03. The van der Waals surface area contributed by atoms with Gasteiger partial charge in [-0.25, -0.2) is 4.79 Å². The number of nitrogens with zero attached hydrogens (tertiary/aromatic N) is 7. The molecule has 0 spiro atoms. The number of rotatable bonds is 13. The van der Waals surface area contributed by atoms with Crippen molar-refractivity contribution in [2.24, 2.45) is 0 Å². The van der Waals surface area contributed by atoms with Crippen molar-refractivity contribution in [2.75, 3.05) is 0 Å². The van der Waals surface area contributed by atoms with Crippen LogP contribution < -0.4 is 4.84 Å². The normalized spacial score (nSPS) is 11.3. The van der Waals surface area contributed by atoms with Crippen LogP contribution in [0, 0.1) is 0 Å². The van der Waals surface area contributed by atoms with Crippen molar-refractivity contribution in [1.29, 1.82) is 0 Å². The van der Waals surface area contributed by atoms with Crippen molar-refractivity contribution in [3.05, 3.63) is 66.5 Å². The lowest BCUT2D eigenvalue weighted by atomic mass is 10.1. The molecule has 196 valence electrons. The maximum absolute atomic E-state index is 12.6. The van der Waals surface area contributed by atoms with E-state index in [-0.39, 0.29) is 0 Å². The van der Waals surface area contributed by atoms with Gasteiger partial charge in [0.2, 0.25) is 5.89 Å². The first-order chi connectivity index (χ1) is 18.7. The minimum Gasteiger partial charge on any atom is -0.416 e. The average molecular weight is 514 g/mol. The maximum atomic E-state index is 12.6.